The zero-order chi connectivity index (χ0) is 16.0. The van der Waals surface area contributed by atoms with Gasteiger partial charge in [-0.3, -0.25) is 14.4 Å². The predicted molar refractivity (Wildman–Crippen MR) is 74.8 cm³/mol. The minimum Gasteiger partial charge on any atom is -0.481 e. The minimum atomic E-state index is -0.825. The minimum absolute atomic E-state index is 0.00483. The topological polar surface area (TPSA) is 89.9 Å². The molecule has 1 heterocycles. The third-order valence-corrected chi connectivity index (χ3v) is 3.97. The van der Waals surface area contributed by atoms with E-state index in [2.05, 4.69) is 0 Å². The monoisotopic (exact) mass is 300 g/mol. The molecule has 1 rings (SSSR count). The fraction of sp³-hybridized carbons (Fsp3) is 0.800. The summed E-state index contributed by atoms with van der Waals surface area (Å²) in [5.74, 6) is -1.65. The fourth-order valence-corrected chi connectivity index (χ4v) is 2.51. The number of aliphatic carboxylic acids is 1. The molecular weight excluding hydrogens is 276 g/mol. The smallest absolute Gasteiger partial charge is 0.306 e. The highest BCUT2D eigenvalue weighted by molar-refractivity contribution is 5.80. The van der Waals surface area contributed by atoms with Gasteiger partial charge in [-0.2, -0.15) is 0 Å². The zero-order valence-corrected chi connectivity index (χ0v) is 12.9. The van der Waals surface area contributed by atoms with Crippen molar-refractivity contribution < 1.29 is 29.0 Å². The molecule has 0 aliphatic carbocycles. The molecule has 6 nitrogen and oxygen atoms in total. The van der Waals surface area contributed by atoms with Crippen LogP contribution in [0.15, 0.2) is 0 Å². The van der Waals surface area contributed by atoms with Crippen LogP contribution in [0.2, 0.25) is 0 Å². The molecular formula is C15H24O6. The second-order valence-corrected chi connectivity index (χ2v) is 5.91. The van der Waals surface area contributed by atoms with Crippen molar-refractivity contribution in [1.82, 2.24) is 0 Å². The number of Topliss-reactive ketones (excluding diaryl/α,β-unsaturated/α-hetero) is 1. The molecule has 0 bridgehead atoms. The fourth-order valence-electron chi connectivity index (χ4n) is 2.51. The van der Waals surface area contributed by atoms with E-state index in [1.807, 2.05) is 6.92 Å². The van der Waals surface area contributed by atoms with Crippen molar-refractivity contribution in [2.24, 2.45) is 5.92 Å². The highest BCUT2D eigenvalue weighted by Gasteiger charge is 2.40. The number of hydrogen-bond acceptors (Lipinski definition) is 5. The number of carbonyl (C=O) groups excluding carboxylic acids is 2. The van der Waals surface area contributed by atoms with Crippen LogP contribution in [0, 0.1) is 5.92 Å². The van der Waals surface area contributed by atoms with Crippen molar-refractivity contribution in [1.29, 1.82) is 0 Å². The number of ketones is 1. The number of hydrogen-bond donors (Lipinski definition) is 1. The van der Waals surface area contributed by atoms with E-state index in [0.29, 0.717) is 32.1 Å². The standard InChI is InChI=1S/C15H24O6/c1-10(14(18)19)5-4-8-15(3)13(21-11(2)16)7-6-12(17)9-20-15/h10,13H,4-9H2,1-3H3,(H,18,19)/t10-,13+,15-/m0/s1. The van der Waals surface area contributed by atoms with Crippen LogP contribution in [0.4, 0.5) is 0 Å². The van der Waals surface area contributed by atoms with Gasteiger partial charge >= 0.3 is 11.9 Å². The van der Waals surface area contributed by atoms with E-state index in [1.165, 1.54) is 6.92 Å². The van der Waals surface area contributed by atoms with Gasteiger partial charge in [-0.1, -0.05) is 6.92 Å². The molecule has 0 aromatic heterocycles. The van der Waals surface area contributed by atoms with Crippen molar-refractivity contribution in [2.75, 3.05) is 6.61 Å². The lowest BCUT2D eigenvalue weighted by atomic mass is 9.88. The lowest BCUT2D eigenvalue weighted by Crippen LogP contribution is -2.44. The lowest BCUT2D eigenvalue weighted by molar-refractivity contribution is -0.168. The second-order valence-electron chi connectivity index (χ2n) is 5.91. The average Bonchev–Trinajstić information content (AvgIpc) is 2.52. The highest BCUT2D eigenvalue weighted by atomic mass is 16.6. The first-order valence-corrected chi connectivity index (χ1v) is 7.30. The van der Waals surface area contributed by atoms with Gasteiger partial charge in [-0.05, 0) is 32.6 Å². The molecule has 1 fully saturated rings. The van der Waals surface area contributed by atoms with Gasteiger partial charge in [0.25, 0.3) is 0 Å². The number of ether oxygens (including phenoxy) is 2. The van der Waals surface area contributed by atoms with Crippen molar-refractivity contribution in [2.45, 2.75) is 64.6 Å². The van der Waals surface area contributed by atoms with Crippen LogP contribution >= 0.6 is 0 Å². The van der Waals surface area contributed by atoms with E-state index in [0.717, 1.165) is 0 Å². The van der Waals surface area contributed by atoms with Crippen molar-refractivity contribution in [3.63, 3.8) is 0 Å². The van der Waals surface area contributed by atoms with E-state index < -0.39 is 29.6 Å². The highest BCUT2D eigenvalue weighted by Crippen LogP contribution is 2.31. The SMILES string of the molecule is CC(=O)O[C@@H]1CCC(=O)CO[C@@]1(C)CCC[C@H](C)C(=O)O. The Kier molecular flexibility index (Phi) is 6.33. The Bertz CT molecular complexity index is 405. The molecule has 1 saturated heterocycles. The van der Waals surface area contributed by atoms with Gasteiger partial charge in [-0.15, -0.1) is 0 Å². The molecule has 1 aliphatic rings. The van der Waals surface area contributed by atoms with Gasteiger partial charge in [0.05, 0.1) is 5.92 Å². The van der Waals surface area contributed by atoms with Crippen LogP contribution in [0.1, 0.15) is 52.9 Å². The lowest BCUT2D eigenvalue weighted by Gasteiger charge is -2.35. The first kappa shape index (κ1) is 17.6. The van der Waals surface area contributed by atoms with E-state index in [9.17, 15) is 14.4 Å². The van der Waals surface area contributed by atoms with Crippen LogP contribution in [0.3, 0.4) is 0 Å². The van der Waals surface area contributed by atoms with Crippen molar-refractivity contribution in [3.8, 4) is 0 Å². The molecule has 0 aromatic rings. The van der Waals surface area contributed by atoms with Crippen molar-refractivity contribution in [3.05, 3.63) is 0 Å². The summed E-state index contributed by atoms with van der Waals surface area (Å²) in [6, 6.07) is 0. The van der Waals surface area contributed by atoms with Gasteiger partial charge in [0.15, 0.2) is 5.78 Å². The van der Waals surface area contributed by atoms with Crippen molar-refractivity contribution >= 4 is 17.7 Å². The molecule has 0 aromatic carbocycles. The van der Waals surface area contributed by atoms with Crippen LogP contribution in [-0.2, 0) is 23.9 Å². The van der Waals surface area contributed by atoms with Gasteiger partial charge in [0.2, 0.25) is 0 Å². The Labute approximate surface area is 124 Å². The molecule has 3 atom stereocenters. The summed E-state index contributed by atoms with van der Waals surface area (Å²) in [5, 5.41) is 8.89. The first-order chi connectivity index (χ1) is 9.74. The summed E-state index contributed by atoms with van der Waals surface area (Å²) < 4.78 is 11.0. The third kappa shape index (κ3) is 5.46. The van der Waals surface area contributed by atoms with Gasteiger partial charge < -0.3 is 14.6 Å². The molecule has 0 unspecified atom stereocenters. The quantitative estimate of drug-likeness (QED) is 0.754. The van der Waals surface area contributed by atoms with E-state index >= 15 is 0 Å². The van der Waals surface area contributed by atoms with Crippen LogP contribution in [0.5, 0.6) is 0 Å². The second kappa shape index (κ2) is 7.54. The first-order valence-electron chi connectivity index (χ1n) is 7.30. The summed E-state index contributed by atoms with van der Waals surface area (Å²) in [5.41, 5.74) is -0.740. The Morgan fingerprint density at radius 2 is 2.19 bits per heavy atom. The average molecular weight is 300 g/mol. The number of carboxylic acids is 1. The summed E-state index contributed by atoms with van der Waals surface area (Å²) in [6.45, 7) is 4.83. The molecule has 0 saturated carbocycles. The number of rotatable bonds is 6. The molecule has 0 radical (unpaired) electrons. The zero-order valence-electron chi connectivity index (χ0n) is 12.9. The maximum absolute atomic E-state index is 11.5. The normalized spacial score (nSPS) is 27.8. The predicted octanol–water partition coefficient (Wildman–Crippen LogP) is 1.95. The Balaban J connectivity index is 2.67. The molecule has 0 amide bonds. The summed E-state index contributed by atoms with van der Waals surface area (Å²) in [6.07, 6.45) is 2.02. The third-order valence-electron chi connectivity index (χ3n) is 3.97. The molecule has 120 valence electrons. The molecule has 0 spiro atoms. The maximum Gasteiger partial charge on any atom is 0.306 e. The number of carboxylic acid groups (broad SMARTS) is 1. The van der Waals surface area contributed by atoms with Gasteiger partial charge in [-0.25, -0.2) is 0 Å². The number of carbonyl (C=O) groups is 3. The summed E-state index contributed by atoms with van der Waals surface area (Å²) >= 11 is 0. The van der Waals surface area contributed by atoms with Gasteiger partial charge in [0.1, 0.15) is 18.3 Å². The van der Waals surface area contributed by atoms with Crippen LogP contribution in [0.25, 0.3) is 0 Å². The Hall–Kier alpha value is -1.43. The van der Waals surface area contributed by atoms with Gasteiger partial charge in [0, 0.05) is 13.3 Å². The number of esters is 1. The Morgan fingerprint density at radius 3 is 2.76 bits per heavy atom. The maximum atomic E-state index is 11.5. The largest absolute Gasteiger partial charge is 0.481 e. The van der Waals surface area contributed by atoms with E-state index in [4.69, 9.17) is 14.6 Å². The van der Waals surface area contributed by atoms with E-state index in [1.54, 1.807) is 6.92 Å². The van der Waals surface area contributed by atoms with E-state index in [-0.39, 0.29) is 12.4 Å². The molecule has 1 aliphatic heterocycles. The molecule has 6 heteroatoms. The Morgan fingerprint density at radius 1 is 1.52 bits per heavy atom. The van der Waals surface area contributed by atoms with Crippen LogP contribution < -0.4 is 0 Å². The summed E-state index contributed by atoms with van der Waals surface area (Å²) in [7, 11) is 0. The summed E-state index contributed by atoms with van der Waals surface area (Å²) in [4.78, 5) is 33.6. The molecule has 1 N–H and O–H groups in total. The molecule has 21 heavy (non-hydrogen) atoms. The van der Waals surface area contributed by atoms with Crippen LogP contribution in [-0.4, -0.2) is 41.1 Å².